The van der Waals surface area contributed by atoms with Crippen LogP contribution in [0.2, 0.25) is 0 Å². The molecule has 3 nitrogen and oxygen atoms in total. The van der Waals surface area contributed by atoms with Crippen LogP contribution in [0.5, 0.6) is 11.9 Å². The minimum Gasteiger partial charge on any atom is -0.481 e. The van der Waals surface area contributed by atoms with Crippen LogP contribution >= 0.6 is 0 Å². The van der Waals surface area contributed by atoms with Crippen LogP contribution < -0.4 is 0 Å². The average molecular weight is 100 g/mol. The first-order valence-corrected chi connectivity index (χ1v) is 1.77. The first-order valence-electron chi connectivity index (χ1n) is 1.77. The van der Waals surface area contributed by atoms with Crippen molar-refractivity contribution in [2.75, 3.05) is 0 Å². The summed E-state index contributed by atoms with van der Waals surface area (Å²) in [6, 6.07) is 2.52. The standard InChI is InChI=1S/C4H4O3/c5-3-1-2-4(6)7-3/h1-2,5-6H. The molecule has 38 valence electrons. The van der Waals surface area contributed by atoms with Crippen molar-refractivity contribution in [1.29, 1.82) is 0 Å². The Kier molecular flexibility index (Phi) is 0.685. The van der Waals surface area contributed by atoms with Gasteiger partial charge in [0.1, 0.15) is 0 Å². The molecule has 7 heavy (non-hydrogen) atoms. The molecule has 0 aliphatic carbocycles. The van der Waals surface area contributed by atoms with E-state index in [9.17, 15) is 0 Å². The van der Waals surface area contributed by atoms with Crippen molar-refractivity contribution in [3.8, 4) is 11.9 Å². The van der Waals surface area contributed by atoms with Gasteiger partial charge in [-0.05, 0) is 0 Å². The Morgan fingerprint density at radius 2 is 1.57 bits per heavy atom. The minimum absolute atomic E-state index is 0.266. The van der Waals surface area contributed by atoms with E-state index in [-0.39, 0.29) is 11.9 Å². The van der Waals surface area contributed by atoms with Crippen molar-refractivity contribution < 1.29 is 14.6 Å². The van der Waals surface area contributed by atoms with Crippen molar-refractivity contribution in [2.45, 2.75) is 0 Å². The third-order valence-electron chi connectivity index (χ3n) is 0.578. The second-order valence-corrected chi connectivity index (χ2v) is 1.11. The van der Waals surface area contributed by atoms with Crippen LogP contribution in [0.4, 0.5) is 0 Å². The van der Waals surface area contributed by atoms with E-state index < -0.39 is 0 Å². The molecule has 1 rings (SSSR count). The van der Waals surface area contributed by atoms with E-state index in [1.165, 1.54) is 12.1 Å². The van der Waals surface area contributed by atoms with Crippen LogP contribution in [0.25, 0.3) is 0 Å². The highest BCUT2D eigenvalue weighted by Gasteiger charge is 1.91. The third kappa shape index (κ3) is 0.652. The number of hydrogen-bond acceptors (Lipinski definition) is 3. The van der Waals surface area contributed by atoms with E-state index in [2.05, 4.69) is 4.42 Å². The van der Waals surface area contributed by atoms with E-state index >= 15 is 0 Å². The first-order chi connectivity index (χ1) is 3.29. The molecule has 0 saturated carbocycles. The normalized spacial score (nSPS) is 9.14. The van der Waals surface area contributed by atoms with E-state index in [0.717, 1.165) is 0 Å². The van der Waals surface area contributed by atoms with Gasteiger partial charge < -0.3 is 14.6 Å². The fourth-order valence-corrected chi connectivity index (χ4v) is 0.318. The lowest BCUT2D eigenvalue weighted by Crippen LogP contribution is -1.44. The van der Waals surface area contributed by atoms with Crippen molar-refractivity contribution in [2.24, 2.45) is 0 Å². The maximum Gasteiger partial charge on any atom is 0.284 e. The van der Waals surface area contributed by atoms with Gasteiger partial charge in [-0.15, -0.1) is 0 Å². The molecule has 0 bridgehead atoms. The molecule has 0 radical (unpaired) electrons. The van der Waals surface area contributed by atoms with Crippen molar-refractivity contribution in [3.05, 3.63) is 12.1 Å². The Balaban J connectivity index is 3.04. The molecule has 0 aliphatic rings. The zero-order chi connectivity index (χ0) is 5.28. The van der Waals surface area contributed by atoms with E-state index in [4.69, 9.17) is 10.2 Å². The molecule has 0 spiro atoms. The molecule has 1 heterocycles. The lowest BCUT2D eigenvalue weighted by Gasteiger charge is -1.75. The van der Waals surface area contributed by atoms with Crippen molar-refractivity contribution in [3.63, 3.8) is 0 Å². The molecule has 0 unspecified atom stereocenters. The molecule has 0 aliphatic heterocycles. The molecule has 2 N–H and O–H groups in total. The van der Waals surface area contributed by atoms with Crippen LogP contribution in [-0.2, 0) is 0 Å². The predicted molar refractivity (Wildman–Crippen MR) is 22.0 cm³/mol. The topological polar surface area (TPSA) is 53.6 Å². The zero-order valence-corrected chi connectivity index (χ0v) is 3.46. The number of furan rings is 1. The highest BCUT2D eigenvalue weighted by Crippen LogP contribution is 2.17. The predicted octanol–water partition coefficient (Wildman–Crippen LogP) is 0.691. The largest absolute Gasteiger partial charge is 0.481 e. The maximum absolute atomic E-state index is 8.33. The monoisotopic (exact) mass is 100 g/mol. The Morgan fingerprint density at radius 3 is 1.71 bits per heavy atom. The summed E-state index contributed by atoms with van der Waals surface area (Å²) in [6.07, 6.45) is 0. The summed E-state index contributed by atoms with van der Waals surface area (Å²) < 4.78 is 4.19. The van der Waals surface area contributed by atoms with Gasteiger partial charge in [0, 0.05) is 12.1 Å². The van der Waals surface area contributed by atoms with E-state index in [1.807, 2.05) is 0 Å². The van der Waals surface area contributed by atoms with Crippen molar-refractivity contribution >= 4 is 0 Å². The van der Waals surface area contributed by atoms with Gasteiger partial charge >= 0.3 is 0 Å². The van der Waals surface area contributed by atoms with Gasteiger partial charge in [0.05, 0.1) is 0 Å². The lowest BCUT2D eigenvalue weighted by atomic mass is 10.6. The Hall–Kier alpha value is -1.12. The Labute approximate surface area is 39.8 Å². The number of rotatable bonds is 0. The quantitative estimate of drug-likeness (QED) is 0.504. The molecule has 0 atom stereocenters. The van der Waals surface area contributed by atoms with Crippen LogP contribution in [-0.4, -0.2) is 10.2 Å². The third-order valence-corrected chi connectivity index (χ3v) is 0.578. The summed E-state index contributed by atoms with van der Waals surface area (Å²) in [7, 11) is 0. The number of hydrogen-bond donors (Lipinski definition) is 2. The average Bonchev–Trinajstić information content (AvgIpc) is 1.87. The Bertz CT molecular complexity index is 139. The number of aromatic hydroxyl groups is 2. The van der Waals surface area contributed by atoms with Gasteiger partial charge in [-0.1, -0.05) is 0 Å². The molecular formula is C4H4O3. The van der Waals surface area contributed by atoms with Gasteiger partial charge in [-0.25, -0.2) is 0 Å². The molecule has 0 saturated heterocycles. The van der Waals surface area contributed by atoms with Crippen LogP contribution in [0, 0.1) is 0 Å². The molecular weight excluding hydrogens is 96.0 g/mol. The fraction of sp³-hybridized carbons (Fsp3) is 0. The molecule has 1 aromatic heterocycles. The summed E-state index contributed by atoms with van der Waals surface area (Å²) in [5, 5.41) is 16.7. The molecule has 1 aromatic rings. The van der Waals surface area contributed by atoms with Crippen LogP contribution in [0.15, 0.2) is 16.5 Å². The highest BCUT2D eigenvalue weighted by molar-refractivity contribution is 5.12. The van der Waals surface area contributed by atoms with Gasteiger partial charge in [0.15, 0.2) is 0 Å². The van der Waals surface area contributed by atoms with Crippen LogP contribution in [0.1, 0.15) is 0 Å². The smallest absolute Gasteiger partial charge is 0.284 e. The SMILES string of the molecule is Oc1ccc(O)o1. The fourth-order valence-electron chi connectivity index (χ4n) is 0.318. The molecule has 0 amide bonds. The van der Waals surface area contributed by atoms with Crippen LogP contribution in [0.3, 0.4) is 0 Å². The summed E-state index contributed by atoms with van der Waals surface area (Å²) >= 11 is 0. The first kappa shape index (κ1) is 4.05. The van der Waals surface area contributed by atoms with Crippen molar-refractivity contribution in [1.82, 2.24) is 0 Å². The summed E-state index contributed by atoms with van der Waals surface area (Å²) in [6.45, 7) is 0. The van der Waals surface area contributed by atoms with E-state index in [0.29, 0.717) is 0 Å². The zero-order valence-electron chi connectivity index (χ0n) is 3.46. The molecule has 0 fully saturated rings. The summed E-state index contributed by atoms with van der Waals surface area (Å²) in [5.74, 6) is -0.532. The minimum atomic E-state index is -0.266. The Morgan fingerprint density at radius 1 is 1.14 bits per heavy atom. The highest BCUT2D eigenvalue weighted by atomic mass is 16.5. The van der Waals surface area contributed by atoms with Gasteiger partial charge in [-0.3, -0.25) is 0 Å². The lowest BCUT2D eigenvalue weighted by molar-refractivity contribution is 0.265. The summed E-state index contributed by atoms with van der Waals surface area (Å²) in [5.41, 5.74) is 0. The van der Waals surface area contributed by atoms with Gasteiger partial charge in [0.2, 0.25) is 0 Å². The summed E-state index contributed by atoms with van der Waals surface area (Å²) in [4.78, 5) is 0. The van der Waals surface area contributed by atoms with Gasteiger partial charge in [0.25, 0.3) is 11.9 Å². The molecule has 0 aromatic carbocycles. The second-order valence-electron chi connectivity index (χ2n) is 1.11. The van der Waals surface area contributed by atoms with E-state index in [1.54, 1.807) is 0 Å². The molecule has 3 heteroatoms. The van der Waals surface area contributed by atoms with Gasteiger partial charge in [-0.2, -0.15) is 0 Å². The maximum atomic E-state index is 8.33. The second kappa shape index (κ2) is 1.18.